The number of hydrogen-bond donors (Lipinski definition) is 2. The molecule has 0 fully saturated rings. The Morgan fingerprint density at radius 1 is 1.44 bits per heavy atom. The van der Waals surface area contributed by atoms with Crippen molar-refractivity contribution in [2.24, 2.45) is 0 Å². The minimum atomic E-state index is -4.25. The fraction of sp³-hybridized carbons (Fsp3) is 0.500. The molecule has 0 radical (unpaired) electrons. The van der Waals surface area contributed by atoms with Crippen LogP contribution in [0.2, 0.25) is 0 Å². The topological polar surface area (TPSA) is 73.1 Å². The second-order valence-electron chi connectivity index (χ2n) is 2.91. The number of nitrogens with one attached hydrogen (secondary N) is 1. The molecule has 0 aliphatic carbocycles. The molecule has 0 aliphatic rings. The number of ether oxygens (including phenoxy) is 1. The third-order valence-electron chi connectivity index (χ3n) is 1.61. The van der Waals surface area contributed by atoms with Crippen LogP contribution in [0.25, 0.3) is 0 Å². The van der Waals surface area contributed by atoms with Crippen molar-refractivity contribution in [2.45, 2.75) is 12.6 Å². The Kier molecular flexibility index (Phi) is 3.75. The van der Waals surface area contributed by atoms with Crippen molar-refractivity contribution in [3.8, 4) is 5.88 Å². The van der Waals surface area contributed by atoms with Gasteiger partial charge in [-0.2, -0.15) is 23.1 Å². The number of nitrogens with zero attached hydrogens (tertiary/aromatic N) is 2. The lowest BCUT2D eigenvalue weighted by atomic mass is 10.4. The third kappa shape index (κ3) is 4.20. The quantitative estimate of drug-likeness (QED) is 0.827. The van der Waals surface area contributed by atoms with Gasteiger partial charge < -0.3 is 15.8 Å². The van der Waals surface area contributed by atoms with E-state index < -0.39 is 19.2 Å². The van der Waals surface area contributed by atoms with Gasteiger partial charge >= 0.3 is 6.18 Å². The van der Waals surface area contributed by atoms with E-state index in [-0.39, 0.29) is 11.8 Å². The summed E-state index contributed by atoms with van der Waals surface area (Å²) in [6.45, 7) is -0.497. The SMILES string of the molecule is CNc1cc(OCCC(F)(F)F)nc(N)n1. The van der Waals surface area contributed by atoms with Crippen molar-refractivity contribution in [2.75, 3.05) is 24.7 Å². The van der Waals surface area contributed by atoms with E-state index in [0.29, 0.717) is 5.82 Å². The van der Waals surface area contributed by atoms with Gasteiger partial charge in [-0.25, -0.2) is 0 Å². The van der Waals surface area contributed by atoms with Gasteiger partial charge in [0.15, 0.2) is 0 Å². The number of hydrogen-bond acceptors (Lipinski definition) is 5. The van der Waals surface area contributed by atoms with Crippen molar-refractivity contribution >= 4 is 11.8 Å². The van der Waals surface area contributed by atoms with Crippen LogP contribution in [0.15, 0.2) is 6.07 Å². The maximum atomic E-state index is 11.8. The number of nitrogens with two attached hydrogens (primary N) is 1. The molecule has 0 saturated heterocycles. The zero-order valence-electron chi connectivity index (χ0n) is 8.51. The molecule has 1 rings (SSSR count). The number of aromatic nitrogens is 2. The maximum absolute atomic E-state index is 11.8. The number of rotatable bonds is 4. The van der Waals surface area contributed by atoms with Crippen LogP contribution in [0, 0.1) is 0 Å². The van der Waals surface area contributed by atoms with Gasteiger partial charge in [0.1, 0.15) is 5.82 Å². The summed E-state index contributed by atoms with van der Waals surface area (Å²) in [5.41, 5.74) is 5.33. The molecule has 1 aromatic rings. The first-order valence-electron chi connectivity index (χ1n) is 4.42. The number of anilines is 2. The molecule has 0 aromatic carbocycles. The standard InChI is InChI=1S/C8H11F3N4O/c1-13-5-4-6(15-7(12)14-5)16-3-2-8(9,10)11/h4H,2-3H2,1H3,(H3,12,13,14,15). The molecule has 0 aliphatic heterocycles. The Morgan fingerprint density at radius 2 is 2.12 bits per heavy atom. The lowest BCUT2D eigenvalue weighted by Crippen LogP contribution is -2.14. The summed E-state index contributed by atoms with van der Waals surface area (Å²) in [5, 5.41) is 2.68. The lowest BCUT2D eigenvalue weighted by Gasteiger charge is -2.09. The van der Waals surface area contributed by atoms with Gasteiger partial charge in [0, 0.05) is 13.1 Å². The molecule has 0 unspecified atom stereocenters. The number of alkyl halides is 3. The first kappa shape index (κ1) is 12.3. The zero-order valence-corrected chi connectivity index (χ0v) is 8.51. The summed E-state index contributed by atoms with van der Waals surface area (Å²) in [6, 6.07) is 1.37. The van der Waals surface area contributed by atoms with Gasteiger partial charge in [-0.3, -0.25) is 0 Å². The minimum absolute atomic E-state index is 0.0149. The maximum Gasteiger partial charge on any atom is 0.392 e. The van der Waals surface area contributed by atoms with E-state index in [0.717, 1.165) is 0 Å². The summed E-state index contributed by atoms with van der Waals surface area (Å²) < 4.78 is 40.3. The van der Waals surface area contributed by atoms with Crippen molar-refractivity contribution < 1.29 is 17.9 Å². The molecule has 0 saturated carbocycles. The summed E-state index contributed by atoms with van der Waals surface area (Å²) >= 11 is 0. The average molecular weight is 236 g/mol. The zero-order chi connectivity index (χ0) is 12.2. The molecule has 1 heterocycles. The molecule has 0 atom stereocenters. The molecular formula is C8H11F3N4O. The van der Waals surface area contributed by atoms with Gasteiger partial charge in [0.25, 0.3) is 0 Å². The molecule has 0 spiro atoms. The van der Waals surface area contributed by atoms with Crippen LogP contribution in [0.3, 0.4) is 0 Å². The fourth-order valence-electron chi connectivity index (χ4n) is 0.916. The molecule has 5 nitrogen and oxygen atoms in total. The normalized spacial score (nSPS) is 11.2. The predicted octanol–water partition coefficient (Wildman–Crippen LogP) is 1.43. The van der Waals surface area contributed by atoms with Crippen molar-refractivity contribution in [3.63, 3.8) is 0 Å². The second-order valence-corrected chi connectivity index (χ2v) is 2.91. The van der Waals surface area contributed by atoms with Gasteiger partial charge in [-0.15, -0.1) is 0 Å². The largest absolute Gasteiger partial charge is 0.477 e. The Balaban J connectivity index is 2.57. The first-order valence-corrected chi connectivity index (χ1v) is 4.42. The summed E-state index contributed by atoms with van der Waals surface area (Å²) in [7, 11) is 1.60. The Hall–Kier alpha value is -1.73. The van der Waals surface area contributed by atoms with Crippen LogP contribution in [-0.2, 0) is 0 Å². The van der Waals surface area contributed by atoms with Crippen LogP contribution in [0.5, 0.6) is 5.88 Å². The highest BCUT2D eigenvalue weighted by atomic mass is 19.4. The van der Waals surface area contributed by atoms with Crippen molar-refractivity contribution in [1.29, 1.82) is 0 Å². The van der Waals surface area contributed by atoms with E-state index in [1.807, 2.05) is 0 Å². The molecule has 16 heavy (non-hydrogen) atoms. The Labute approximate surface area is 89.8 Å². The minimum Gasteiger partial charge on any atom is -0.477 e. The number of halogens is 3. The summed E-state index contributed by atoms with van der Waals surface area (Å²) in [5.74, 6) is 0.337. The van der Waals surface area contributed by atoms with E-state index in [9.17, 15) is 13.2 Å². The molecule has 0 bridgehead atoms. The molecule has 0 amide bonds. The van der Waals surface area contributed by atoms with Gasteiger partial charge in [-0.05, 0) is 0 Å². The molecule has 1 aromatic heterocycles. The average Bonchev–Trinajstić information content (AvgIpc) is 2.14. The predicted molar refractivity (Wildman–Crippen MR) is 52.2 cm³/mol. The summed E-state index contributed by atoms with van der Waals surface area (Å²) in [6.07, 6.45) is -5.28. The van der Waals surface area contributed by atoms with Crippen LogP contribution >= 0.6 is 0 Å². The second kappa shape index (κ2) is 4.86. The molecular weight excluding hydrogens is 225 g/mol. The van der Waals surface area contributed by atoms with E-state index in [4.69, 9.17) is 10.5 Å². The van der Waals surface area contributed by atoms with E-state index in [1.165, 1.54) is 6.07 Å². The van der Waals surface area contributed by atoms with E-state index >= 15 is 0 Å². The van der Waals surface area contributed by atoms with Crippen LogP contribution < -0.4 is 15.8 Å². The number of nitrogen functional groups attached to an aromatic ring is 1. The van der Waals surface area contributed by atoms with E-state index in [2.05, 4.69) is 15.3 Å². The van der Waals surface area contributed by atoms with Crippen LogP contribution in [-0.4, -0.2) is 29.8 Å². The van der Waals surface area contributed by atoms with Gasteiger partial charge in [-0.1, -0.05) is 0 Å². The third-order valence-corrected chi connectivity index (χ3v) is 1.61. The van der Waals surface area contributed by atoms with Crippen LogP contribution in [0.4, 0.5) is 24.9 Å². The van der Waals surface area contributed by atoms with Crippen molar-refractivity contribution in [3.05, 3.63) is 6.07 Å². The van der Waals surface area contributed by atoms with Gasteiger partial charge in [0.2, 0.25) is 11.8 Å². The van der Waals surface area contributed by atoms with Crippen molar-refractivity contribution in [1.82, 2.24) is 9.97 Å². The highest BCUT2D eigenvalue weighted by molar-refractivity contribution is 5.41. The monoisotopic (exact) mass is 236 g/mol. The molecule has 90 valence electrons. The fourth-order valence-corrected chi connectivity index (χ4v) is 0.916. The molecule has 3 N–H and O–H groups in total. The Bertz CT molecular complexity index is 356. The lowest BCUT2D eigenvalue weighted by molar-refractivity contribution is -0.139. The highest BCUT2D eigenvalue weighted by Crippen LogP contribution is 2.20. The smallest absolute Gasteiger partial charge is 0.392 e. The first-order chi connectivity index (χ1) is 7.40. The van der Waals surface area contributed by atoms with Gasteiger partial charge in [0.05, 0.1) is 13.0 Å². The van der Waals surface area contributed by atoms with Crippen LogP contribution in [0.1, 0.15) is 6.42 Å². The highest BCUT2D eigenvalue weighted by Gasteiger charge is 2.26. The Morgan fingerprint density at radius 3 is 2.69 bits per heavy atom. The molecule has 8 heteroatoms. The summed E-state index contributed by atoms with van der Waals surface area (Å²) in [4.78, 5) is 7.40. The van der Waals surface area contributed by atoms with E-state index in [1.54, 1.807) is 7.05 Å².